The lowest BCUT2D eigenvalue weighted by Crippen LogP contribution is -2.57. The summed E-state index contributed by atoms with van der Waals surface area (Å²) in [6, 6.07) is 14.4. The van der Waals surface area contributed by atoms with Crippen molar-refractivity contribution < 1.29 is 29.0 Å². The zero-order valence-corrected chi connectivity index (χ0v) is 21.9. The lowest BCUT2D eigenvalue weighted by atomic mass is 9.70. The highest BCUT2D eigenvalue weighted by molar-refractivity contribution is 6.02. The third kappa shape index (κ3) is 4.33. The number of rotatable bonds is 9. The zero-order chi connectivity index (χ0) is 27.0. The number of ether oxygens (including phenoxy) is 2. The molecule has 38 heavy (non-hydrogen) atoms. The summed E-state index contributed by atoms with van der Waals surface area (Å²) in [5.74, 6) is -1.88. The summed E-state index contributed by atoms with van der Waals surface area (Å²) in [6.07, 6.45) is 0.590. The number of hydrogen-bond acceptors (Lipinski definition) is 6. The maximum atomic E-state index is 14.2. The third-order valence-corrected chi connectivity index (χ3v) is 7.85. The second-order valence-electron chi connectivity index (χ2n) is 10.5. The monoisotopic (exact) mass is 521 g/mol. The minimum Gasteiger partial charge on any atom is -0.494 e. The molecule has 3 aliphatic rings. The van der Waals surface area contributed by atoms with Gasteiger partial charge in [-0.2, -0.15) is 0 Å². The molecule has 3 fully saturated rings. The van der Waals surface area contributed by atoms with Crippen molar-refractivity contribution in [2.24, 2.45) is 11.8 Å². The van der Waals surface area contributed by atoms with Gasteiger partial charge in [-0.05, 0) is 63.4 Å². The molecule has 0 saturated carbocycles. The lowest BCUT2D eigenvalue weighted by Gasteiger charge is -2.37. The Labute approximate surface area is 222 Å². The van der Waals surface area contributed by atoms with Gasteiger partial charge in [-0.25, -0.2) is 0 Å². The van der Waals surface area contributed by atoms with E-state index in [1.807, 2.05) is 51.1 Å². The van der Waals surface area contributed by atoms with Gasteiger partial charge in [0.05, 0.1) is 37.2 Å². The zero-order valence-electron chi connectivity index (χ0n) is 21.9. The van der Waals surface area contributed by atoms with Crippen molar-refractivity contribution in [1.82, 2.24) is 10.2 Å². The van der Waals surface area contributed by atoms with Gasteiger partial charge in [0, 0.05) is 11.7 Å². The van der Waals surface area contributed by atoms with Gasteiger partial charge in [-0.15, -0.1) is 0 Å². The van der Waals surface area contributed by atoms with Crippen LogP contribution in [0.5, 0.6) is 5.75 Å². The SMILES string of the molecule is CCOc1ccc(NC(=O)[C@@H]2[C@H]3C(=O)N([C@H](CO)c4ccccc4)C(C(=O)NC(C)C)C34CC[C@H]2O4)cc1. The Bertz CT molecular complexity index is 1190. The summed E-state index contributed by atoms with van der Waals surface area (Å²) < 4.78 is 11.9. The highest BCUT2D eigenvalue weighted by atomic mass is 16.5. The molecule has 2 bridgehead atoms. The van der Waals surface area contributed by atoms with Crippen LogP contribution in [0.25, 0.3) is 0 Å². The van der Waals surface area contributed by atoms with Crippen molar-refractivity contribution >= 4 is 23.4 Å². The molecule has 2 unspecified atom stereocenters. The number of hydrogen-bond donors (Lipinski definition) is 3. The summed E-state index contributed by atoms with van der Waals surface area (Å²) in [5, 5.41) is 16.3. The molecule has 2 aromatic rings. The maximum absolute atomic E-state index is 14.2. The molecule has 3 saturated heterocycles. The molecule has 9 heteroatoms. The molecule has 0 aliphatic carbocycles. The molecule has 9 nitrogen and oxygen atoms in total. The topological polar surface area (TPSA) is 117 Å². The molecule has 5 rings (SSSR count). The summed E-state index contributed by atoms with van der Waals surface area (Å²) in [7, 11) is 0. The van der Waals surface area contributed by atoms with E-state index in [1.165, 1.54) is 4.90 Å². The Morgan fingerprint density at radius 3 is 2.47 bits per heavy atom. The van der Waals surface area contributed by atoms with Crippen LogP contribution in [0, 0.1) is 11.8 Å². The molecular weight excluding hydrogens is 486 g/mol. The van der Waals surface area contributed by atoms with Crippen molar-refractivity contribution in [2.75, 3.05) is 18.5 Å². The number of nitrogens with one attached hydrogen (secondary N) is 2. The van der Waals surface area contributed by atoms with Gasteiger partial charge in [0.15, 0.2) is 0 Å². The maximum Gasteiger partial charge on any atom is 0.246 e. The first-order valence-electron chi connectivity index (χ1n) is 13.3. The largest absolute Gasteiger partial charge is 0.494 e. The molecule has 6 atom stereocenters. The number of likely N-dealkylation sites (tertiary alicyclic amines) is 1. The number of aliphatic hydroxyl groups excluding tert-OH is 1. The Morgan fingerprint density at radius 2 is 1.84 bits per heavy atom. The van der Waals surface area contributed by atoms with E-state index in [-0.39, 0.29) is 30.4 Å². The lowest BCUT2D eigenvalue weighted by molar-refractivity contribution is -0.145. The predicted octanol–water partition coefficient (Wildman–Crippen LogP) is 2.66. The van der Waals surface area contributed by atoms with Crippen LogP contribution < -0.4 is 15.4 Å². The van der Waals surface area contributed by atoms with Crippen LogP contribution in [0.3, 0.4) is 0 Å². The van der Waals surface area contributed by atoms with E-state index >= 15 is 0 Å². The van der Waals surface area contributed by atoms with E-state index in [0.29, 0.717) is 36.4 Å². The highest BCUT2D eigenvalue weighted by Crippen LogP contribution is 2.59. The smallest absolute Gasteiger partial charge is 0.246 e. The van der Waals surface area contributed by atoms with Crippen LogP contribution in [0.4, 0.5) is 5.69 Å². The Kier molecular flexibility index (Phi) is 7.15. The molecule has 3 aliphatic heterocycles. The molecule has 0 radical (unpaired) electrons. The summed E-state index contributed by atoms with van der Waals surface area (Å²) in [5.41, 5.74) is 0.167. The molecule has 1 spiro atoms. The minimum absolute atomic E-state index is 0.156. The van der Waals surface area contributed by atoms with Gasteiger partial charge < -0.3 is 30.1 Å². The van der Waals surface area contributed by atoms with Gasteiger partial charge in [0.1, 0.15) is 17.4 Å². The van der Waals surface area contributed by atoms with E-state index in [1.54, 1.807) is 24.3 Å². The van der Waals surface area contributed by atoms with Crippen LogP contribution in [0.15, 0.2) is 54.6 Å². The normalized spacial score (nSPS) is 28.3. The van der Waals surface area contributed by atoms with Crippen LogP contribution in [0.2, 0.25) is 0 Å². The van der Waals surface area contributed by atoms with E-state index in [0.717, 1.165) is 0 Å². The van der Waals surface area contributed by atoms with E-state index in [2.05, 4.69) is 10.6 Å². The second-order valence-corrected chi connectivity index (χ2v) is 10.5. The van der Waals surface area contributed by atoms with Crippen molar-refractivity contribution in [3.63, 3.8) is 0 Å². The molecule has 202 valence electrons. The van der Waals surface area contributed by atoms with Gasteiger partial charge in [0.25, 0.3) is 0 Å². The number of fused-ring (bicyclic) bond motifs is 1. The quantitative estimate of drug-likeness (QED) is 0.467. The number of carbonyl (C=O) groups is 3. The number of nitrogens with zero attached hydrogens (tertiary/aromatic N) is 1. The molecule has 3 N–H and O–H groups in total. The minimum atomic E-state index is -1.14. The van der Waals surface area contributed by atoms with Gasteiger partial charge >= 0.3 is 0 Å². The molecule has 2 aromatic carbocycles. The molecular formula is C29H35N3O6. The second kappa shape index (κ2) is 10.4. The van der Waals surface area contributed by atoms with Crippen LogP contribution in [-0.4, -0.2) is 64.7 Å². The van der Waals surface area contributed by atoms with Crippen molar-refractivity contribution in [1.29, 1.82) is 0 Å². The van der Waals surface area contributed by atoms with Crippen molar-refractivity contribution in [2.45, 2.75) is 63.4 Å². The average Bonchev–Trinajstić information content (AvgIpc) is 3.54. The highest BCUT2D eigenvalue weighted by Gasteiger charge is 2.75. The number of amides is 3. The molecule has 3 heterocycles. The van der Waals surface area contributed by atoms with Gasteiger partial charge in [-0.3, -0.25) is 14.4 Å². The van der Waals surface area contributed by atoms with Gasteiger partial charge in [-0.1, -0.05) is 30.3 Å². The summed E-state index contributed by atoms with van der Waals surface area (Å²) in [6.45, 7) is 5.79. The van der Waals surface area contributed by atoms with Gasteiger partial charge in [0.2, 0.25) is 17.7 Å². The first-order chi connectivity index (χ1) is 18.3. The van der Waals surface area contributed by atoms with E-state index < -0.39 is 35.6 Å². The number of carbonyl (C=O) groups excluding carboxylic acids is 3. The average molecular weight is 522 g/mol. The van der Waals surface area contributed by atoms with Crippen LogP contribution in [0.1, 0.15) is 45.2 Å². The number of anilines is 1. The first-order valence-corrected chi connectivity index (χ1v) is 13.3. The standard InChI is InChI=1S/C29H35N3O6/c1-4-37-20-12-10-19(11-13-20)31-26(34)23-22-14-15-29(38-22)24(23)28(36)32(25(29)27(35)30-17(2)3)21(16-33)18-8-6-5-7-9-18/h5-13,17,21-25,33H,4,14-16H2,1-3H3,(H,30,35)(H,31,34)/t21-,22-,23+,24+,25?,29?/m1/s1. The Morgan fingerprint density at radius 1 is 1.13 bits per heavy atom. The summed E-state index contributed by atoms with van der Waals surface area (Å²) in [4.78, 5) is 42.9. The molecule has 0 aromatic heterocycles. The van der Waals surface area contributed by atoms with E-state index in [9.17, 15) is 19.5 Å². The predicted molar refractivity (Wildman–Crippen MR) is 140 cm³/mol. The third-order valence-electron chi connectivity index (χ3n) is 7.85. The fourth-order valence-electron chi connectivity index (χ4n) is 6.45. The Hall–Kier alpha value is -3.43. The van der Waals surface area contributed by atoms with Crippen LogP contribution >= 0.6 is 0 Å². The van der Waals surface area contributed by atoms with Crippen molar-refractivity contribution in [3.05, 3.63) is 60.2 Å². The van der Waals surface area contributed by atoms with E-state index in [4.69, 9.17) is 9.47 Å². The first kappa shape index (κ1) is 26.2. The van der Waals surface area contributed by atoms with Crippen LogP contribution in [-0.2, 0) is 19.1 Å². The molecule has 3 amide bonds. The van der Waals surface area contributed by atoms with Crippen molar-refractivity contribution in [3.8, 4) is 5.75 Å². The summed E-state index contributed by atoms with van der Waals surface area (Å²) >= 11 is 0. The number of aliphatic hydroxyl groups is 1. The fourth-order valence-corrected chi connectivity index (χ4v) is 6.45. The fraction of sp³-hybridized carbons (Fsp3) is 0.483. The Balaban J connectivity index is 1.49. The number of benzene rings is 2.